The number of nitrogens with zero attached hydrogens (tertiary/aromatic N) is 1. The van der Waals surface area contributed by atoms with Gasteiger partial charge in [0.2, 0.25) is 0 Å². The predicted molar refractivity (Wildman–Crippen MR) is 87.8 cm³/mol. The van der Waals surface area contributed by atoms with Gasteiger partial charge in [-0.2, -0.15) is 0 Å². The van der Waals surface area contributed by atoms with Crippen molar-refractivity contribution in [1.29, 1.82) is 0 Å². The van der Waals surface area contributed by atoms with Gasteiger partial charge in [-0.1, -0.05) is 34.1 Å². The van der Waals surface area contributed by atoms with Crippen LogP contribution in [0.3, 0.4) is 0 Å². The van der Waals surface area contributed by atoms with Gasteiger partial charge in [0, 0.05) is 18.1 Å². The van der Waals surface area contributed by atoms with E-state index in [0.717, 1.165) is 18.5 Å². The summed E-state index contributed by atoms with van der Waals surface area (Å²) in [7, 11) is 0. The molecule has 0 aliphatic heterocycles. The lowest BCUT2D eigenvalue weighted by Crippen LogP contribution is -2.55. The van der Waals surface area contributed by atoms with E-state index in [2.05, 4.69) is 32.6 Å². The average molecular weight is 280 g/mol. The lowest BCUT2D eigenvalue weighted by molar-refractivity contribution is 0.0618. The molecule has 0 saturated heterocycles. The van der Waals surface area contributed by atoms with Gasteiger partial charge in [0.1, 0.15) is 0 Å². The first-order valence-corrected chi connectivity index (χ1v) is 8.85. The third kappa shape index (κ3) is 3.98. The Bertz CT molecular complexity index is 307. The van der Waals surface area contributed by atoms with Gasteiger partial charge in [-0.25, -0.2) is 0 Å². The lowest BCUT2D eigenvalue weighted by Gasteiger charge is -2.44. The van der Waals surface area contributed by atoms with Crippen molar-refractivity contribution in [3.05, 3.63) is 0 Å². The van der Waals surface area contributed by atoms with Crippen LogP contribution in [0.2, 0.25) is 0 Å². The molecule has 0 aromatic carbocycles. The Balaban J connectivity index is 2.09. The van der Waals surface area contributed by atoms with Gasteiger partial charge < -0.3 is 5.73 Å². The molecular formula is C18H36N2. The molecule has 1 unspecified atom stereocenters. The van der Waals surface area contributed by atoms with E-state index in [1.54, 1.807) is 0 Å². The molecule has 118 valence electrons. The molecule has 1 atom stereocenters. The zero-order chi connectivity index (χ0) is 14.8. The number of nitrogens with two attached hydrogens (primary N) is 1. The summed E-state index contributed by atoms with van der Waals surface area (Å²) in [5.74, 6) is 0.799. The Morgan fingerprint density at radius 2 is 1.80 bits per heavy atom. The van der Waals surface area contributed by atoms with E-state index in [9.17, 15) is 0 Å². The zero-order valence-electron chi connectivity index (χ0n) is 14.3. The van der Waals surface area contributed by atoms with Gasteiger partial charge in [-0.05, 0) is 62.8 Å². The SMILES string of the molecule is CC(C)CCN(C1CC1)C1(CN)CCCC(C)(C)CC1. The largest absolute Gasteiger partial charge is 0.329 e. The molecule has 0 amide bonds. The van der Waals surface area contributed by atoms with Crippen LogP contribution in [0, 0.1) is 11.3 Å². The molecule has 0 radical (unpaired) electrons. The Labute approximate surface area is 126 Å². The molecule has 2 aliphatic rings. The van der Waals surface area contributed by atoms with Crippen LogP contribution >= 0.6 is 0 Å². The highest BCUT2D eigenvalue weighted by Gasteiger charge is 2.44. The van der Waals surface area contributed by atoms with E-state index >= 15 is 0 Å². The third-order valence-electron chi connectivity index (χ3n) is 5.69. The van der Waals surface area contributed by atoms with Crippen LogP contribution in [0.4, 0.5) is 0 Å². The van der Waals surface area contributed by atoms with E-state index in [-0.39, 0.29) is 0 Å². The Morgan fingerprint density at radius 3 is 2.35 bits per heavy atom. The number of hydrogen-bond acceptors (Lipinski definition) is 2. The van der Waals surface area contributed by atoms with Gasteiger partial charge >= 0.3 is 0 Å². The fourth-order valence-electron chi connectivity index (χ4n) is 3.92. The van der Waals surface area contributed by atoms with E-state index in [4.69, 9.17) is 5.73 Å². The van der Waals surface area contributed by atoms with Crippen molar-refractivity contribution < 1.29 is 0 Å². The van der Waals surface area contributed by atoms with Crippen molar-refractivity contribution >= 4 is 0 Å². The topological polar surface area (TPSA) is 29.3 Å². The maximum Gasteiger partial charge on any atom is 0.0334 e. The van der Waals surface area contributed by atoms with Crippen LogP contribution in [0.25, 0.3) is 0 Å². The van der Waals surface area contributed by atoms with Gasteiger partial charge in [0.05, 0.1) is 0 Å². The Morgan fingerprint density at radius 1 is 1.10 bits per heavy atom. The Hall–Kier alpha value is -0.0800. The first-order chi connectivity index (χ1) is 9.38. The second-order valence-corrected chi connectivity index (χ2v) is 8.55. The molecule has 2 N–H and O–H groups in total. The molecule has 0 bridgehead atoms. The van der Waals surface area contributed by atoms with Crippen LogP contribution in [0.15, 0.2) is 0 Å². The maximum atomic E-state index is 6.33. The fourth-order valence-corrected chi connectivity index (χ4v) is 3.92. The van der Waals surface area contributed by atoms with Crippen molar-refractivity contribution in [1.82, 2.24) is 4.90 Å². The summed E-state index contributed by atoms with van der Waals surface area (Å²) < 4.78 is 0. The lowest BCUT2D eigenvalue weighted by atomic mass is 9.82. The fraction of sp³-hybridized carbons (Fsp3) is 1.00. The highest BCUT2D eigenvalue weighted by molar-refractivity contribution is 5.01. The van der Waals surface area contributed by atoms with Crippen molar-refractivity contribution in [3.8, 4) is 0 Å². The summed E-state index contributed by atoms with van der Waals surface area (Å²) in [5, 5.41) is 0. The summed E-state index contributed by atoms with van der Waals surface area (Å²) in [4.78, 5) is 2.84. The first kappa shape index (κ1) is 16.3. The minimum Gasteiger partial charge on any atom is -0.329 e. The van der Waals surface area contributed by atoms with Crippen molar-refractivity contribution in [3.63, 3.8) is 0 Å². The van der Waals surface area contributed by atoms with Crippen molar-refractivity contribution in [2.45, 2.75) is 90.6 Å². The molecule has 2 saturated carbocycles. The molecule has 2 rings (SSSR count). The number of hydrogen-bond donors (Lipinski definition) is 1. The van der Waals surface area contributed by atoms with Gasteiger partial charge in [-0.3, -0.25) is 4.90 Å². The van der Waals surface area contributed by atoms with Gasteiger partial charge in [0.15, 0.2) is 0 Å². The van der Waals surface area contributed by atoms with E-state index < -0.39 is 0 Å². The molecule has 0 aromatic rings. The van der Waals surface area contributed by atoms with Crippen LogP contribution < -0.4 is 5.73 Å². The maximum absolute atomic E-state index is 6.33. The van der Waals surface area contributed by atoms with Gasteiger partial charge in [0.25, 0.3) is 0 Å². The van der Waals surface area contributed by atoms with Gasteiger partial charge in [-0.15, -0.1) is 0 Å². The van der Waals surface area contributed by atoms with E-state index in [1.165, 1.54) is 57.9 Å². The summed E-state index contributed by atoms with van der Waals surface area (Å²) in [6.07, 6.45) is 10.8. The van der Waals surface area contributed by atoms with Crippen molar-refractivity contribution in [2.24, 2.45) is 17.1 Å². The first-order valence-electron chi connectivity index (χ1n) is 8.85. The molecule has 0 aromatic heterocycles. The van der Waals surface area contributed by atoms with Crippen LogP contribution in [0.5, 0.6) is 0 Å². The molecule has 0 spiro atoms. The minimum atomic E-state index is 0.309. The average Bonchev–Trinajstić information content (AvgIpc) is 3.19. The second kappa shape index (κ2) is 6.36. The molecule has 2 heteroatoms. The quantitative estimate of drug-likeness (QED) is 0.739. The summed E-state index contributed by atoms with van der Waals surface area (Å²) in [6.45, 7) is 11.7. The molecular weight excluding hydrogens is 244 g/mol. The molecule has 20 heavy (non-hydrogen) atoms. The smallest absolute Gasteiger partial charge is 0.0334 e. The number of rotatable bonds is 6. The standard InChI is InChI=1S/C18H36N2/c1-15(2)8-13-20(16-6-7-16)18(14-19)10-5-9-17(3,4)11-12-18/h15-16H,5-14,19H2,1-4H3. The molecule has 2 nitrogen and oxygen atoms in total. The second-order valence-electron chi connectivity index (χ2n) is 8.55. The summed E-state index contributed by atoms with van der Waals surface area (Å²) in [6, 6.07) is 0.846. The monoisotopic (exact) mass is 280 g/mol. The van der Waals surface area contributed by atoms with Crippen LogP contribution in [-0.4, -0.2) is 29.6 Å². The molecule has 2 aliphatic carbocycles. The van der Waals surface area contributed by atoms with E-state index in [0.29, 0.717) is 11.0 Å². The highest BCUT2D eigenvalue weighted by atomic mass is 15.3. The van der Waals surface area contributed by atoms with E-state index in [1.807, 2.05) is 0 Å². The highest BCUT2D eigenvalue weighted by Crippen LogP contribution is 2.44. The van der Waals surface area contributed by atoms with Crippen LogP contribution in [0.1, 0.15) is 79.1 Å². The van der Waals surface area contributed by atoms with Crippen molar-refractivity contribution in [2.75, 3.05) is 13.1 Å². The third-order valence-corrected chi connectivity index (χ3v) is 5.69. The zero-order valence-corrected chi connectivity index (χ0v) is 14.3. The minimum absolute atomic E-state index is 0.309. The summed E-state index contributed by atoms with van der Waals surface area (Å²) in [5.41, 5.74) is 7.15. The van der Waals surface area contributed by atoms with Crippen LogP contribution in [-0.2, 0) is 0 Å². The molecule has 0 heterocycles. The molecule has 2 fully saturated rings. The predicted octanol–water partition coefficient (Wildman–Crippen LogP) is 4.18. The summed E-state index contributed by atoms with van der Waals surface area (Å²) >= 11 is 0. The normalized spacial score (nSPS) is 30.8. The Kier molecular flexibility index (Phi) is 5.18.